The van der Waals surface area contributed by atoms with Crippen molar-refractivity contribution in [2.24, 2.45) is 0 Å². The Kier molecular flexibility index (Phi) is 3.16. The molecule has 0 aliphatic carbocycles. The van der Waals surface area contributed by atoms with E-state index in [2.05, 4.69) is 25.9 Å². The molecule has 0 aliphatic heterocycles. The lowest BCUT2D eigenvalue weighted by atomic mass is 10.3. The van der Waals surface area contributed by atoms with Crippen molar-refractivity contribution in [3.63, 3.8) is 0 Å². The van der Waals surface area contributed by atoms with Gasteiger partial charge in [0, 0.05) is 25.1 Å². The van der Waals surface area contributed by atoms with Gasteiger partial charge >= 0.3 is 0 Å². The van der Waals surface area contributed by atoms with E-state index in [1.165, 1.54) is 5.56 Å². The van der Waals surface area contributed by atoms with Crippen molar-refractivity contribution in [3.05, 3.63) is 42.1 Å². The van der Waals surface area contributed by atoms with Gasteiger partial charge in [-0.1, -0.05) is 0 Å². The number of aromatic amines is 1. The first-order chi connectivity index (χ1) is 7.74. The van der Waals surface area contributed by atoms with Crippen LogP contribution in [0.5, 0.6) is 0 Å². The van der Waals surface area contributed by atoms with Crippen molar-refractivity contribution in [2.45, 2.75) is 13.1 Å². The maximum atomic E-state index is 5.60. The van der Waals surface area contributed by atoms with E-state index in [1.807, 2.05) is 19.4 Å². The number of rotatable bonds is 4. The third-order valence-electron chi connectivity index (χ3n) is 2.25. The van der Waals surface area contributed by atoms with Crippen LogP contribution in [-0.4, -0.2) is 26.9 Å². The number of H-pyrrole nitrogens is 1. The summed E-state index contributed by atoms with van der Waals surface area (Å²) in [6.07, 6.45) is 5.58. The molecule has 0 radical (unpaired) electrons. The first-order valence-corrected chi connectivity index (χ1v) is 5.11. The second kappa shape index (κ2) is 4.76. The molecular formula is C11H15N5. The fourth-order valence-corrected chi connectivity index (χ4v) is 1.56. The van der Waals surface area contributed by atoms with E-state index in [4.69, 9.17) is 5.73 Å². The Bertz CT molecular complexity index is 437. The minimum atomic E-state index is 0.514. The summed E-state index contributed by atoms with van der Waals surface area (Å²) in [6.45, 7) is 1.55. The summed E-state index contributed by atoms with van der Waals surface area (Å²) in [5.41, 5.74) is 6.84. The average Bonchev–Trinajstić information content (AvgIpc) is 2.70. The van der Waals surface area contributed by atoms with E-state index < -0.39 is 0 Å². The number of nitrogens with one attached hydrogen (secondary N) is 1. The third kappa shape index (κ3) is 2.80. The summed E-state index contributed by atoms with van der Waals surface area (Å²) in [5.74, 6) is 1.26. The lowest BCUT2D eigenvalue weighted by Crippen LogP contribution is -2.18. The SMILES string of the molecule is CN(Cc1cc[nH]c1)Cc1nccc(N)n1. The predicted molar refractivity (Wildman–Crippen MR) is 62.4 cm³/mol. The quantitative estimate of drug-likeness (QED) is 0.802. The van der Waals surface area contributed by atoms with E-state index >= 15 is 0 Å². The van der Waals surface area contributed by atoms with E-state index in [0.29, 0.717) is 12.4 Å². The van der Waals surface area contributed by atoms with Crippen molar-refractivity contribution in [1.29, 1.82) is 0 Å². The Morgan fingerprint density at radius 2 is 2.25 bits per heavy atom. The molecule has 2 aromatic heterocycles. The topological polar surface area (TPSA) is 70.8 Å². The van der Waals surface area contributed by atoms with Crippen molar-refractivity contribution in [1.82, 2.24) is 19.9 Å². The first-order valence-electron chi connectivity index (χ1n) is 5.11. The largest absolute Gasteiger partial charge is 0.384 e. The molecule has 0 atom stereocenters. The van der Waals surface area contributed by atoms with Gasteiger partial charge in [-0.3, -0.25) is 4.90 Å². The normalized spacial score (nSPS) is 10.9. The zero-order valence-electron chi connectivity index (χ0n) is 9.22. The summed E-state index contributed by atoms with van der Waals surface area (Å²) in [5, 5.41) is 0. The van der Waals surface area contributed by atoms with Gasteiger partial charge in [0.1, 0.15) is 11.6 Å². The molecule has 0 saturated carbocycles. The summed E-state index contributed by atoms with van der Waals surface area (Å²) in [7, 11) is 2.03. The molecule has 2 rings (SSSR count). The van der Waals surface area contributed by atoms with Crippen LogP contribution in [-0.2, 0) is 13.1 Å². The molecule has 0 fully saturated rings. The van der Waals surface area contributed by atoms with Crippen molar-refractivity contribution < 1.29 is 0 Å². The highest BCUT2D eigenvalue weighted by Crippen LogP contribution is 2.05. The fraction of sp³-hybridized carbons (Fsp3) is 0.273. The lowest BCUT2D eigenvalue weighted by Gasteiger charge is -2.14. The van der Waals surface area contributed by atoms with Crippen LogP contribution >= 0.6 is 0 Å². The Hall–Kier alpha value is -1.88. The second-order valence-corrected chi connectivity index (χ2v) is 3.79. The zero-order chi connectivity index (χ0) is 11.4. The number of hydrogen-bond acceptors (Lipinski definition) is 4. The molecule has 2 aromatic rings. The molecule has 2 heterocycles. The molecule has 0 amide bonds. The summed E-state index contributed by atoms with van der Waals surface area (Å²) >= 11 is 0. The smallest absolute Gasteiger partial charge is 0.144 e. The minimum Gasteiger partial charge on any atom is -0.384 e. The van der Waals surface area contributed by atoms with Crippen LogP contribution in [0.1, 0.15) is 11.4 Å². The Labute approximate surface area is 94.3 Å². The van der Waals surface area contributed by atoms with E-state index in [9.17, 15) is 0 Å². The summed E-state index contributed by atoms with van der Waals surface area (Å²) < 4.78 is 0. The molecule has 0 unspecified atom stereocenters. The number of anilines is 1. The number of nitrogen functional groups attached to an aromatic ring is 1. The van der Waals surface area contributed by atoms with Crippen molar-refractivity contribution in [2.75, 3.05) is 12.8 Å². The van der Waals surface area contributed by atoms with Crippen LogP contribution in [0.25, 0.3) is 0 Å². The van der Waals surface area contributed by atoms with Crippen LogP contribution < -0.4 is 5.73 Å². The summed E-state index contributed by atoms with van der Waals surface area (Å²) in [4.78, 5) is 13.5. The molecule has 0 saturated heterocycles. The van der Waals surface area contributed by atoms with Gasteiger partial charge < -0.3 is 10.7 Å². The molecule has 0 aromatic carbocycles. The van der Waals surface area contributed by atoms with E-state index in [0.717, 1.165) is 12.4 Å². The number of nitrogens with two attached hydrogens (primary N) is 1. The van der Waals surface area contributed by atoms with Gasteiger partial charge in [0.15, 0.2) is 0 Å². The van der Waals surface area contributed by atoms with Crippen LogP contribution in [0.15, 0.2) is 30.7 Å². The average molecular weight is 217 g/mol. The highest BCUT2D eigenvalue weighted by Gasteiger charge is 2.04. The maximum absolute atomic E-state index is 5.60. The number of nitrogens with zero attached hydrogens (tertiary/aromatic N) is 3. The Morgan fingerprint density at radius 1 is 1.38 bits per heavy atom. The van der Waals surface area contributed by atoms with Gasteiger partial charge in [0.25, 0.3) is 0 Å². The van der Waals surface area contributed by atoms with Crippen molar-refractivity contribution >= 4 is 5.82 Å². The van der Waals surface area contributed by atoms with Gasteiger partial charge in [-0.2, -0.15) is 0 Å². The molecular weight excluding hydrogens is 202 g/mol. The van der Waals surface area contributed by atoms with Gasteiger partial charge in [-0.25, -0.2) is 9.97 Å². The number of hydrogen-bond donors (Lipinski definition) is 2. The molecule has 5 nitrogen and oxygen atoms in total. The van der Waals surface area contributed by atoms with Gasteiger partial charge in [-0.15, -0.1) is 0 Å². The van der Waals surface area contributed by atoms with E-state index in [-0.39, 0.29) is 0 Å². The molecule has 3 N–H and O–H groups in total. The number of aromatic nitrogens is 3. The monoisotopic (exact) mass is 217 g/mol. The Balaban J connectivity index is 1.94. The standard InChI is InChI=1S/C11H15N5/c1-16(7-9-2-4-13-6-9)8-11-14-5-3-10(12)15-11/h2-6,13H,7-8H2,1H3,(H2,12,14,15). The molecule has 0 bridgehead atoms. The molecule has 84 valence electrons. The highest BCUT2D eigenvalue weighted by atomic mass is 15.1. The van der Waals surface area contributed by atoms with Crippen LogP contribution in [0.3, 0.4) is 0 Å². The van der Waals surface area contributed by atoms with Crippen LogP contribution in [0, 0.1) is 0 Å². The van der Waals surface area contributed by atoms with Gasteiger partial charge in [0.05, 0.1) is 6.54 Å². The molecule has 0 spiro atoms. The maximum Gasteiger partial charge on any atom is 0.144 e. The highest BCUT2D eigenvalue weighted by molar-refractivity contribution is 5.24. The van der Waals surface area contributed by atoms with Crippen LogP contribution in [0.4, 0.5) is 5.82 Å². The Morgan fingerprint density at radius 3 is 2.94 bits per heavy atom. The fourth-order valence-electron chi connectivity index (χ4n) is 1.56. The van der Waals surface area contributed by atoms with Crippen molar-refractivity contribution in [3.8, 4) is 0 Å². The second-order valence-electron chi connectivity index (χ2n) is 3.79. The van der Waals surface area contributed by atoms with Crippen LogP contribution in [0.2, 0.25) is 0 Å². The van der Waals surface area contributed by atoms with E-state index in [1.54, 1.807) is 12.3 Å². The molecule has 16 heavy (non-hydrogen) atoms. The third-order valence-corrected chi connectivity index (χ3v) is 2.25. The first kappa shape index (κ1) is 10.6. The zero-order valence-corrected chi connectivity index (χ0v) is 9.22. The molecule has 0 aliphatic rings. The minimum absolute atomic E-state index is 0.514. The van der Waals surface area contributed by atoms with Gasteiger partial charge in [0.2, 0.25) is 0 Å². The predicted octanol–water partition coefficient (Wildman–Crippen LogP) is 1.02. The lowest BCUT2D eigenvalue weighted by molar-refractivity contribution is 0.311. The van der Waals surface area contributed by atoms with Gasteiger partial charge in [-0.05, 0) is 24.7 Å². The summed E-state index contributed by atoms with van der Waals surface area (Å²) in [6, 6.07) is 3.74. The molecule has 5 heteroatoms.